The molecule has 0 spiro atoms. The minimum atomic E-state index is -2.82. The smallest absolute Gasteiger partial charge is 0.291 e. The Morgan fingerprint density at radius 1 is 1.40 bits per heavy atom. The molecule has 1 atom stereocenters. The number of anilines is 1. The molecule has 0 saturated carbocycles. The van der Waals surface area contributed by atoms with Crippen LogP contribution in [0.5, 0.6) is 0 Å². The number of furan rings is 1. The van der Waals surface area contributed by atoms with Crippen molar-refractivity contribution in [2.45, 2.75) is 16.9 Å². The van der Waals surface area contributed by atoms with E-state index in [1.165, 1.54) is 24.5 Å². The average Bonchev–Trinajstić information content (AvgIpc) is 3.01. The summed E-state index contributed by atoms with van der Waals surface area (Å²) in [6.45, 7) is -0.292. The number of aliphatic imine (C=N–C) groups is 1. The first-order chi connectivity index (χ1) is 11.9. The number of benzene rings is 1. The number of amides is 1. The minimum absolute atomic E-state index is 0.00196. The Morgan fingerprint density at radius 3 is 2.84 bits per heavy atom. The van der Waals surface area contributed by atoms with Gasteiger partial charge in [0, 0.05) is 16.6 Å². The van der Waals surface area contributed by atoms with Crippen LogP contribution >= 0.6 is 12.6 Å². The Bertz CT molecular complexity index is 824. The van der Waals surface area contributed by atoms with E-state index in [0.29, 0.717) is 10.6 Å². The fourth-order valence-electron chi connectivity index (χ4n) is 2.52. The van der Waals surface area contributed by atoms with Crippen molar-refractivity contribution in [3.05, 3.63) is 47.9 Å². The number of thiol groups is 1. The highest BCUT2D eigenvalue weighted by atomic mass is 32.1. The number of hydrogen-bond acceptors (Lipinski definition) is 6. The molecule has 1 aliphatic rings. The van der Waals surface area contributed by atoms with Gasteiger partial charge in [0.1, 0.15) is 18.7 Å². The Kier molecular flexibility index (Phi) is 4.78. The number of hydrogen-bond donors (Lipinski definition) is 3. The first kappa shape index (κ1) is 17.4. The molecule has 132 valence electrons. The molecule has 2 heterocycles. The first-order valence-electron chi connectivity index (χ1n) is 7.30. The van der Waals surface area contributed by atoms with E-state index in [2.05, 4.69) is 22.9 Å². The number of carbonyl (C=O) groups excluding carboxylic acids is 1. The lowest BCUT2D eigenvalue weighted by molar-refractivity contribution is -0.0129. The van der Waals surface area contributed by atoms with Crippen LogP contribution in [0.2, 0.25) is 0 Å². The number of halogens is 2. The lowest BCUT2D eigenvalue weighted by Crippen LogP contribution is -2.44. The molecule has 6 nitrogen and oxygen atoms in total. The molecular weight excluding hydrogens is 352 g/mol. The maximum atomic E-state index is 13.7. The maximum absolute atomic E-state index is 13.7. The lowest BCUT2D eigenvalue weighted by Gasteiger charge is -2.33. The van der Waals surface area contributed by atoms with E-state index in [-0.39, 0.29) is 30.4 Å². The van der Waals surface area contributed by atoms with E-state index >= 15 is 0 Å². The first-order valence-corrected chi connectivity index (χ1v) is 7.75. The molecule has 25 heavy (non-hydrogen) atoms. The Balaban J connectivity index is 1.90. The monoisotopic (exact) mass is 367 g/mol. The number of alkyl halides is 2. The third-order valence-electron chi connectivity index (χ3n) is 3.71. The van der Waals surface area contributed by atoms with Crippen LogP contribution in [-0.4, -0.2) is 31.4 Å². The highest BCUT2D eigenvalue weighted by Crippen LogP contribution is 2.36. The van der Waals surface area contributed by atoms with E-state index in [9.17, 15) is 13.6 Å². The van der Waals surface area contributed by atoms with Crippen molar-refractivity contribution in [2.75, 3.05) is 18.5 Å². The van der Waals surface area contributed by atoms with Crippen molar-refractivity contribution in [3.8, 4) is 0 Å². The van der Waals surface area contributed by atoms with Gasteiger partial charge in [0.05, 0.1) is 6.61 Å². The summed E-state index contributed by atoms with van der Waals surface area (Å²) in [5, 5.41) is 2.59. The summed E-state index contributed by atoms with van der Waals surface area (Å²) in [5.74, 6) is -0.466. The average molecular weight is 367 g/mol. The van der Waals surface area contributed by atoms with Crippen LogP contribution in [-0.2, 0) is 10.3 Å². The van der Waals surface area contributed by atoms with Gasteiger partial charge in [0.25, 0.3) is 12.3 Å². The molecule has 1 aromatic carbocycles. The zero-order chi connectivity index (χ0) is 18.0. The van der Waals surface area contributed by atoms with E-state index in [1.54, 1.807) is 12.1 Å². The van der Waals surface area contributed by atoms with Gasteiger partial charge in [0.2, 0.25) is 0 Å². The lowest BCUT2D eigenvalue weighted by atomic mass is 9.90. The maximum Gasteiger partial charge on any atom is 0.291 e. The third-order valence-corrected chi connectivity index (χ3v) is 3.94. The molecule has 0 bridgehead atoms. The summed E-state index contributed by atoms with van der Waals surface area (Å²) in [7, 11) is 0. The van der Waals surface area contributed by atoms with Crippen LogP contribution in [0.15, 0.2) is 50.9 Å². The predicted molar refractivity (Wildman–Crippen MR) is 90.5 cm³/mol. The van der Waals surface area contributed by atoms with Crippen LogP contribution in [0.3, 0.4) is 0 Å². The van der Waals surface area contributed by atoms with Crippen LogP contribution in [0.1, 0.15) is 16.1 Å². The molecule has 9 heteroatoms. The summed E-state index contributed by atoms with van der Waals surface area (Å²) >= 11 is 4.06. The normalized spacial score (nSPS) is 20.4. The van der Waals surface area contributed by atoms with Crippen LogP contribution in [0.4, 0.5) is 14.5 Å². The number of amidine groups is 1. The number of nitrogens with one attached hydrogen (secondary N) is 1. The Morgan fingerprint density at radius 2 is 2.20 bits per heavy atom. The second kappa shape index (κ2) is 6.85. The van der Waals surface area contributed by atoms with E-state index in [1.807, 2.05) is 0 Å². The molecule has 1 aromatic heterocycles. The zero-order valence-electron chi connectivity index (χ0n) is 12.9. The van der Waals surface area contributed by atoms with Gasteiger partial charge in [-0.2, -0.15) is 0 Å². The van der Waals surface area contributed by atoms with E-state index < -0.39 is 17.9 Å². The molecule has 1 unspecified atom stereocenters. The molecule has 1 amide bonds. The summed E-state index contributed by atoms with van der Waals surface area (Å²) < 4.78 is 37.7. The number of ether oxygens (including phenoxy) is 1. The topological polar surface area (TPSA) is 89.8 Å². The summed E-state index contributed by atoms with van der Waals surface area (Å²) in [5.41, 5.74) is 4.20. The minimum Gasteiger partial charge on any atom is -0.458 e. The van der Waals surface area contributed by atoms with Gasteiger partial charge < -0.3 is 20.2 Å². The van der Waals surface area contributed by atoms with Crippen LogP contribution in [0.25, 0.3) is 0 Å². The van der Waals surface area contributed by atoms with Gasteiger partial charge >= 0.3 is 0 Å². The van der Waals surface area contributed by atoms with Gasteiger partial charge in [-0.3, -0.25) is 9.79 Å². The molecule has 2 aromatic rings. The van der Waals surface area contributed by atoms with Crippen molar-refractivity contribution in [1.29, 1.82) is 0 Å². The van der Waals surface area contributed by atoms with Gasteiger partial charge in [-0.15, -0.1) is 12.6 Å². The van der Waals surface area contributed by atoms with Gasteiger partial charge in [-0.05, 0) is 17.7 Å². The molecule has 0 saturated heterocycles. The SMILES string of the molecule is NC1=NC(c2cccc(NC(=O)c3cc(S)co3)c2)(C(F)F)COC1. The standard InChI is InChI=1S/C16H15F2N3O3S/c17-15(18)16(8-23-7-13(19)21-16)9-2-1-3-10(4-9)20-14(22)12-5-11(25)6-24-12/h1-6,15,25H,7-8H2,(H2,19,21)(H,20,22). The fourth-order valence-corrected chi connectivity index (χ4v) is 2.69. The molecule has 0 aliphatic carbocycles. The van der Waals surface area contributed by atoms with Crippen molar-refractivity contribution < 1.29 is 22.7 Å². The number of nitrogens with two attached hydrogens (primary N) is 1. The van der Waals surface area contributed by atoms with Gasteiger partial charge in [-0.1, -0.05) is 12.1 Å². The molecule has 3 rings (SSSR count). The highest BCUT2D eigenvalue weighted by Gasteiger charge is 2.44. The van der Waals surface area contributed by atoms with Crippen LogP contribution < -0.4 is 11.1 Å². The second-order valence-corrected chi connectivity index (χ2v) is 6.04. The Hall–Kier alpha value is -2.39. The zero-order valence-corrected chi connectivity index (χ0v) is 13.8. The summed E-state index contributed by atoms with van der Waals surface area (Å²) in [6.07, 6.45) is -1.51. The van der Waals surface area contributed by atoms with Gasteiger partial charge in [0.15, 0.2) is 11.3 Å². The van der Waals surface area contributed by atoms with Gasteiger partial charge in [-0.25, -0.2) is 8.78 Å². The number of nitrogens with zero attached hydrogens (tertiary/aromatic N) is 1. The van der Waals surface area contributed by atoms with Crippen molar-refractivity contribution in [1.82, 2.24) is 0 Å². The van der Waals surface area contributed by atoms with E-state index in [4.69, 9.17) is 14.9 Å². The molecule has 0 fully saturated rings. The second-order valence-electron chi connectivity index (χ2n) is 5.52. The largest absolute Gasteiger partial charge is 0.458 e. The van der Waals surface area contributed by atoms with Crippen molar-refractivity contribution in [2.24, 2.45) is 10.7 Å². The molecule has 3 N–H and O–H groups in total. The van der Waals surface area contributed by atoms with Crippen molar-refractivity contribution >= 4 is 30.1 Å². The quantitative estimate of drug-likeness (QED) is 0.725. The van der Waals surface area contributed by atoms with Crippen molar-refractivity contribution in [3.63, 3.8) is 0 Å². The van der Waals surface area contributed by atoms with E-state index in [0.717, 1.165) is 0 Å². The summed E-state index contributed by atoms with van der Waals surface area (Å²) in [6, 6.07) is 7.47. The highest BCUT2D eigenvalue weighted by molar-refractivity contribution is 7.80. The number of rotatable bonds is 4. The predicted octanol–water partition coefficient (Wildman–Crippen LogP) is 2.67. The molecular formula is C16H15F2N3O3S. The third kappa shape index (κ3) is 3.52. The summed E-state index contributed by atoms with van der Waals surface area (Å²) in [4.78, 5) is 16.6. The number of carbonyl (C=O) groups is 1. The van der Waals surface area contributed by atoms with Crippen LogP contribution in [0, 0.1) is 0 Å². The molecule has 0 radical (unpaired) electrons. The molecule has 1 aliphatic heterocycles. The fraction of sp³-hybridized carbons (Fsp3) is 0.250. The Labute approximate surface area is 147 Å².